The van der Waals surface area contributed by atoms with Gasteiger partial charge in [-0.1, -0.05) is 30.3 Å². The zero-order valence-electron chi connectivity index (χ0n) is 11.3. The SMILES string of the molecule is O=C(NCC(=O)N1CCCCC1)C(Cl)c1ccccc1. The van der Waals surface area contributed by atoms with Gasteiger partial charge in [-0.25, -0.2) is 0 Å². The first kappa shape index (κ1) is 14.9. The van der Waals surface area contributed by atoms with Crippen molar-refractivity contribution in [1.29, 1.82) is 0 Å². The van der Waals surface area contributed by atoms with Gasteiger partial charge in [-0.3, -0.25) is 9.59 Å². The van der Waals surface area contributed by atoms with Crippen molar-refractivity contribution in [2.75, 3.05) is 19.6 Å². The van der Waals surface area contributed by atoms with Crippen molar-refractivity contribution in [3.8, 4) is 0 Å². The zero-order valence-corrected chi connectivity index (χ0v) is 12.1. The van der Waals surface area contributed by atoms with Crippen molar-refractivity contribution in [2.24, 2.45) is 0 Å². The lowest BCUT2D eigenvalue weighted by Gasteiger charge is -2.26. The Labute approximate surface area is 124 Å². The minimum atomic E-state index is -0.759. The summed E-state index contributed by atoms with van der Waals surface area (Å²) in [6.45, 7) is 1.60. The van der Waals surface area contributed by atoms with Crippen LogP contribution in [-0.4, -0.2) is 36.3 Å². The molecule has 0 bridgehead atoms. The van der Waals surface area contributed by atoms with E-state index in [0.29, 0.717) is 0 Å². The number of rotatable bonds is 4. The lowest BCUT2D eigenvalue weighted by Crippen LogP contribution is -2.43. The summed E-state index contributed by atoms with van der Waals surface area (Å²) >= 11 is 6.09. The summed E-state index contributed by atoms with van der Waals surface area (Å²) in [5, 5.41) is 1.86. The van der Waals surface area contributed by atoms with E-state index in [0.717, 1.165) is 31.5 Å². The molecule has 2 rings (SSSR count). The summed E-state index contributed by atoms with van der Waals surface area (Å²) < 4.78 is 0. The van der Waals surface area contributed by atoms with Gasteiger partial charge in [0.2, 0.25) is 11.8 Å². The quantitative estimate of drug-likeness (QED) is 0.865. The molecule has 0 spiro atoms. The van der Waals surface area contributed by atoms with Gasteiger partial charge in [-0.15, -0.1) is 11.6 Å². The largest absolute Gasteiger partial charge is 0.345 e. The number of halogens is 1. The fraction of sp³-hybridized carbons (Fsp3) is 0.467. The Kier molecular flexibility index (Phi) is 5.41. The van der Waals surface area contributed by atoms with Crippen LogP contribution in [0.1, 0.15) is 30.2 Å². The Morgan fingerprint density at radius 1 is 1.15 bits per heavy atom. The van der Waals surface area contributed by atoms with Gasteiger partial charge in [0, 0.05) is 13.1 Å². The van der Waals surface area contributed by atoms with Gasteiger partial charge in [0.1, 0.15) is 5.38 Å². The maximum Gasteiger partial charge on any atom is 0.243 e. The molecule has 0 aliphatic carbocycles. The first-order valence-electron chi connectivity index (χ1n) is 6.93. The number of carbonyl (C=O) groups excluding carboxylic acids is 2. The van der Waals surface area contributed by atoms with Crippen LogP contribution in [0.4, 0.5) is 0 Å². The van der Waals surface area contributed by atoms with Gasteiger partial charge >= 0.3 is 0 Å². The molecule has 20 heavy (non-hydrogen) atoms. The Hall–Kier alpha value is -1.55. The number of benzene rings is 1. The zero-order chi connectivity index (χ0) is 14.4. The molecule has 4 nitrogen and oxygen atoms in total. The van der Waals surface area contributed by atoms with Crippen LogP contribution in [0.5, 0.6) is 0 Å². The van der Waals surface area contributed by atoms with Crippen molar-refractivity contribution >= 4 is 23.4 Å². The number of hydrogen-bond donors (Lipinski definition) is 1. The molecule has 0 radical (unpaired) electrons. The van der Waals surface area contributed by atoms with Gasteiger partial charge in [0.25, 0.3) is 0 Å². The lowest BCUT2D eigenvalue weighted by atomic mass is 10.1. The molecule has 1 aromatic rings. The number of alkyl halides is 1. The van der Waals surface area contributed by atoms with Crippen molar-refractivity contribution in [1.82, 2.24) is 10.2 Å². The highest BCUT2D eigenvalue weighted by molar-refractivity contribution is 6.30. The average Bonchev–Trinajstić information content (AvgIpc) is 2.53. The highest BCUT2D eigenvalue weighted by Crippen LogP contribution is 2.19. The molecule has 1 fully saturated rings. The van der Waals surface area contributed by atoms with E-state index in [-0.39, 0.29) is 18.4 Å². The van der Waals surface area contributed by atoms with E-state index in [4.69, 9.17) is 11.6 Å². The van der Waals surface area contributed by atoms with Crippen molar-refractivity contribution in [3.05, 3.63) is 35.9 Å². The van der Waals surface area contributed by atoms with Crippen molar-refractivity contribution in [2.45, 2.75) is 24.6 Å². The predicted molar refractivity (Wildman–Crippen MR) is 78.5 cm³/mol. The van der Waals surface area contributed by atoms with Crippen LogP contribution in [0.15, 0.2) is 30.3 Å². The van der Waals surface area contributed by atoms with E-state index in [9.17, 15) is 9.59 Å². The number of carbonyl (C=O) groups is 2. The number of nitrogens with zero attached hydrogens (tertiary/aromatic N) is 1. The maximum absolute atomic E-state index is 11.9. The highest BCUT2D eigenvalue weighted by atomic mass is 35.5. The van der Waals surface area contributed by atoms with Gasteiger partial charge < -0.3 is 10.2 Å². The molecule has 1 aliphatic rings. The Morgan fingerprint density at radius 2 is 1.80 bits per heavy atom. The monoisotopic (exact) mass is 294 g/mol. The first-order valence-corrected chi connectivity index (χ1v) is 7.36. The van der Waals surface area contributed by atoms with Gasteiger partial charge in [-0.2, -0.15) is 0 Å². The topological polar surface area (TPSA) is 49.4 Å². The summed E-state index contributed by atoms with van der Waals surface area (Å²) in [5.74, 6) is -0.363. The smallest absolute Gasteiger partial charge is 0.243 e. The fourth-order valence-corrected chi connectivity index (χ4v) is 2.50. The standard InChI is InChI=1S/C15H19ClN2O2/c16-14(12-7-3-1-4-8-12)15(20)17-11-13(19)18-9-5-2-6-10-18/h1,3-4,7-8,14H,2,5-6,9-11H2,(H,17,20). The third-order valence-electron chi connectivity index (χ3n) is 3.45. The number of nitrogens with one attached hydrogen (secondary N) is 1. The number of hydrogen-bond acceptors (Lipinski definition) is 2. The Bertz CT molecular complexity index is 458. The van der Waals surface area contributed by atoms with Crippen molar-refractivity contribution < 1.29 is 9.59 Å². The molecular formula is C15H19ClN2O2. The predicted octanol–water partition coefficient (Wildman–Crippen LogP) is 2.10. The maximum atomic E-state index is 11.9. The minimum absolute atomic E-state index is 0.0227. The normalized spacial score (nSPS) is 16.6. The number of likely N-dealkylation sites (tertiary alicyclic amines) is 1. The van der Waals surface area contributed by atoms with E-state index in [2.05, 4.69) is 5.32 Å². The summed E-state index contributed by atoms with van der Waals surface area (Å²) in [4.78, 5) is 25.6. The molecule has 5 heteroatoms. The van der Waals surface area contributed by atoms with Gasteiger partial charge in [-0.05, 0) is 24.8 Å². The molecule has 2 amide bonds. The molecule has 1 atom stereocenters. The molecule has 1 saturated heterocycles. The van der Waals surface area contributed by atoms with Crippen LogP contribution < -0.4 is 5.32 Å². The molecule has 1 heterocycles. The van der Waals surface area contributed by atoms with Gasteiger partial charge in [0.15, 0.2) is 0 Å². The molecule has 1 N–H and O–H groups in total. The lowest BCUT2D eigenvalue weighted by molar-refractivity contribution is -0.133. The summed E-state index contributed by atoms with van der Waals surface area (Å²) in [7, 11) is 0. The van der Waals surface area contributed by atoms with Crippen LogP contribution in [0.2, 0.25) is 0 Å². The summed E-state index contributed by atoms with van der Waals surface area (Å²) in [5.41, 5.74) is 0.733. The van der Waals surface area contributed by atoms with Crippen LogP contribution in [0.25, 0.3) is 0 Å². The molecule has 1 unspecified atom stereocenters. The Morgan fingerprint density at radius 3 is 2.45 bits per heavy atom. The second-order valence-corrected chi connectivity index (χ2v) is 5.37. The summed E-state index contributed by atoms with van der Waals surface area (Å²) in [6.07, 6.45) is 3.26. The van der Waals surface area contributed by atoms with Crippen LogP contribution in [0, 0.1) is 0 Å². The van der Waals surface area contributed by atoms with Crippen molar-refractivity contribution in [3.63, 3.8) is 0 Å². The Balaban J connectivity index is 1.81. The fourth-order valence-electron chi connectivity index (χ4n) is 2.28. The van der Waals surface area contributed by atoms with E-state index >= 15 is 0 Å². The second kappa shape index (κ2) is 7.29. The van der Waals surface area contributed by atoms with Crippen LogP contribution in [-0.2, 0) is 9.59 Å². The van der Waals surface area contributed by atoms with Crippen LogP contribution >= 0.6 is 11.6 Å². The van der Waals surface area contributed by atoms with E-state index < -0.39 is 5.38 Å². The third kappa shape index (κ3) is 3.97. The first-order chi connectivity index (χ1) is 9.68. The van der Waals surface area contributed by atoms with Gasteiger partial charge in [0.05, 0.1) is 6.54 Å². The highest BCUT2D eigenvalue weighted by Gasteiger charge is 2.20. The molecule has 108 valence electrons. The van der Waals surface area contributed by atoms with E-state index in [1.54, 1.807) is 17.0 Å². The third-order valence-corrected chi connectivity index (χ3v) is 3.90. The van der Waals surface area contributed by atoms with E-state index in [1.165, 1.54) is 6.42 Å². The molecule has 1 aliphatic heterocycles. The number of amides is 2. The molecular weight excluding hydrogens is 276 g/mol. The summed E-state index contributed by atoms with van der Waals surface area (Å²) in [6, 6.07) is 9.12. The second-order valence-electron chi connectivity index (χ2n) is 4.93. The molecule has 0 saturated carbocycles. The number of piperidine rings is 1. The minimum Gasteiger partial charge on any atom is -0.345 e. The average molecular weight is 295 g/mol. The molecule has 1 aromatic carbocycles. The van der Waals surface area contributed by atoms with Crippen LogP contribution in [0.3, 0.4) is 0 Å². The van der Waals surface area contributed by atoms with E-state index in [1.807, 2.05) is 18.2 Å². The molecule has 0 aromatic heterocycles.